The first-order valence-electron chi connectivity index (χ1n) is 6.66. The molecule has 100 valence electrons. The molecule has 1 fully saturated rings. The number of hydrogen-bond donors (Lipinski definition) is 3. The lowest BCUT2D eigenvalue weighted by Crippen LogP contribution is -2.39. The fraction of sp³-hybridized carbons (Fsp3) is 0.923. The summed E-state index contributed by atoms with van der Waals surface area (Å²) in [6, 6.07) is 0. The van der Waals surface area contributed by atoms with Gasteiger partial charge in [0.05, 0.1) is 12.0 Å². The topological polar surface area (TPSA) is 69.6 Å². The first-order valence-corrected chi connectivity index (χ1v) is 6.66. The van der Waals surface area contributed by atoms with Crippen LogP contribution in [0.3, 0.4) is 0 Å². The summed E-state index contributed by atoms with van der Waals surface area (Å²) in [7, 11) is 0. The summed E-state index contributed by atoms with van der Waals surface area (Å²) in [5.74, 6) is 0.212. The molecule has 0 spiro atoms. The molecule has 0 bridgehead atoms. The number of amides is 1. The van der Waals surface area contributed by atoms with Crippen LogP contribution in [0.25, 0.3) is 0 Å². The predicted octanol–water partition coefficient (Wildman–Crippen LogP) is 1.21. The molecule has 0 saturated heterocycles. The molecule has 1 aliphatic rings. The third-order valence-corrected chi connectivity index (χ3v) is 3.54. The van der Waals surface area contributed by atoms with Gasteiger partial charge in [0.2, 0.25) is 5.91 Å². The standard InChI is InChI=1S/C13H25NO3/c1-11(5-8-15)10-14-12(16)9-13(17)6-3-2-4-7-13/h11,15,17H,2-10H2,1H3,(H,14,16). The average molecular weight is 243 g/mol. The summed E-state index contributed by atoms with van der Waals surface area (Å²) in [4.78, 5) is 11.7. The van der Waals surface area contributed by atoms with Gasteiger partial charge in [-0.05, 0) is 25.2 Å². The maximum absolute atomic E-state index is 11.7. The molecule has 1 rings (SSSR count). The molecule has 0 aliphatic heterocycles. The molecule has 0 radical (unpaired) electrons. The number of aliphatic hydroxyl groups excluding tert-OH is 1. The Balaban J connectivity index is 2.24. The van der Waals surface area contributed by atoms with E-state index in [2.05, 4.69) is 5.32 Å². The lowest BCUT2D eigenvalue weighted by atomic mass is 9.82. The lowest BCUT2D eigenvalue weighted by Gasteiger charge is -2.31. The highest BCUT2D eigenvalue weighted by molar-refractivity contribution is 5.77. The summed E-state index contributed by atoms with van der Waals surface area (Å²) >= 11 is 0. The van der Waals surface area contributed by atoms with Crippen molar-refractivity contribution in [1.29, 1.82) is 0 Å². The van der Waals surface area contributed by atoms with Crippen LogP contribution < -0.4 is 5.32 Å². The Morgan fingerprint density at radius 1 is 1.35 bits per heavy atom. The Bertz CT molecular complexity index is 237. The first-order chi connectivity index (χ1) is 8.06. The Morgan fingerprint density at radius 3 is 2.59 bits per heavy atom. The monoisotopic (exact) mass is 243 g/mol. The van der Waals surface area contributed by atoms with Crippen LogP contribution in [0.1, 0.15) is 51.9 Å². The van der Waals surface area contributed by atoms with Crippen LogP contribution in [-0.4, -0.2) is 34.9 Å². The number of aliphatic hydroxyl groups is 2. The Kier molecular flexibility index (Phi) is 5.92. The van der Waals surface area contributed by atoms with Gasteiger partial charge in [-0.25, -0.2) is 0 Å². The van der Waals surface area contributed by atoms with Crippen molar-refractivity contribution in [2.24, 2.45) is 5.92 Å². The maximum Gasteiger partial charge on any atom is 0.222 e. The van der Waals surface area contributed by atoms with E-state index in [0.29, 0.717) is 13.0 Å². The van der Waals surface area contributed by atoms with Crippen molar-refractivity contribution in [2.45, 2.75) is 57.5 Å². The summed E-state index contributed by atoms with van der Waals surface area (Å²) < 4.78 is 0. The summed E-state index contributed by atoms with van der Waals surface area (Å²) in [6.07, 6.45) is 5.61. The molecule has 1 saturated carbocycles. The molecule has 4 heteroatoms. The van der Waals surface area contributed by atoms with Crippen molar-refractivity contribution in [3.8, 4) is 0 Å². The van der Waals surface area contributed by atoms with E-state index in [1.807, 2.05) is 6.92 Å². The Hall–Kier alpha value is -0.610. The van der Waals surface area contributed by atoms with E-state index >= 15 is 0 Å². The second-order valence-electron chi connectivity index (χ2n) is 5.38. The number of hydrogen-bond acceptors (Lipinski definition) is 3. The van der Waals surface area contributed by atoms with Crippen molar-refractivity contribution in [1.82, 2.24) is 5.32 Å². The summed E-state index contributed by atoms with van der Waals surface area (Å²) in [5.41, 5.74) is -0.775. The van der Waals surface area contributed by atoms with Crippen molar-refractivity contribution in [3.63, 3.8) is 0 Å². The third-order valence-electron chi connectivity index (χ3n) is 3.54. The molecule has 17 heavy (non-hydrogen) atoms. The predicted molar refractivity (Wildman–Crippen MR) is 66.5 cm³/mol. The van der Waals surface area contributed by atoms with Gasteiger partial charge in [-0.2, -0.15) is 0 Å². The Morgan fingerprint density at radius 2 is 2.00 bits per heavy atom. The quantitative estimate of drug-likeness (QED) is 0.656. The zero-order valence-electron chi connectivity index (χ0n) is 10.7. The molecule has 1 atom stereocenters. The van der Waals surface area contributed by atoms with Crippen LogP contribution in [0.2, 0.25) is 0 Å². The smallest absolute Gasteiger partial charge is 0.222 e. The first kappa shape index (κ1) is 14.5. The number of nitrogens with one attached hydrogen (secondary N) is 1. The van der Waals surface area contributed by atoms with E-state index in [1.165, 1.54) is 0 Å². The molecule has 0 heterocycles. The second-order valence-corrected chi connectivity index (χ2v) is 5.38. The molecule has 0 aromatic carbocycles. The van der Waals surface area contributed by atoms with Crippen LogP contribution in [0.4, 0.5) is 0 Å². The SMILES string of the molecule is CC(CCO)CNC(=O)CC1(O)CCCCC1. The number of rotatable bonds is 6. The average Bonchev–Trinajstić information content (AvgIpc) is 2.27. The van der Waals surface area contributed by atoms with Crippen LogP contribution in [0, 0.1) is 5.92 Å². The fourth-order valence-electron chi connectivity index (χ4n) is 2.36. The number of carbonyl (C=O) groups excluding carboxylic acids is 1. The van der Waals surface area contributed by atoms with Gasteiger partial charge in [0.15, 0.2) is 0 Å². The van der Waals surface area contributed by atoms with Crippen molar-refractivity contribution >= 4 is 5.91 Å². The van der Waals surface area contributed by atoms with Crippen LogP contribution in [0.15, 0.2) is 0 Å². The van der Waals surface area contributed by atoms with E-state index in [1.54, 1.807) is 0 Å². The fourth-order valence-corrected chi connectivity index (χ4v) is 2.36. The van der Waals surface area contributed by atoms with Gasteiger partial charge in [-0.3, -0.25) is 4.79 Å². The van der Waals surface area contributed by atoms with E-state index in [4.69, 9.17) is 5.11 Å². The zero-order valence-corrected chi connectivity index (χ0v) is 10.7. The summed E-state index contributed by atoms with van der Waals surface area (Å²) in [5, 5.41) is 21.8. The minimum Gasteiger partial charge on any atom is -0.396 e. The highest BCUT2D eigenvalue weighted by Gasteiger charge is 2.31. The largest absolute Gasteiger partial charge is 0.396 e. The summed E-state index contributed by atoms with van der Waals surface area (Å²) in [6.45, 7) is 2.72. The van der Waals surface area contributed by atoms with Gasteiger partial charge in [-0.15, -0.1) is 0 Å². The van der Waals surface area contributed by atoms with Crippen molar-refractivity contribution < 1.29 is 15.0 Å². The van der Waals surface area contributed by atoms with Gasteiger partial charge < -0.3 is 15.5 Å². The van der Waals surface area contributed by atoms with Crippen molar-refractivity contribution in [2.75, 3.05) is 13.2 Å². The van der Waals surface area contributed by atoms with E-state index in [9.17, 15) is 9.90 Å². The van der Waals surface area contributed by atoms with Gasteiger partial charge in [0.25, 0.3) is 0 Å². The zero-order chi connectivity index (χ0) is 12.7. The second kappa shape index (κ2) is 6.97. The normalized spacial score (nSPS) is 20.9. The van der Waals surface area contributed by atoms with Crippen LogP contribution in [-0.2, 0) is 4.79 Å². The molecule has 1 aliphatic carbocycles. The molecular formula is C13H25NO3. The molecule has 1 amide bonds. The highest BCUT2D eigenvalue weighted by atomic mass is 16.3. The van der Waals surface area contributed by atoms with Gasteiger partial charge in [0, 0.05) is 13.2 Å². The lowest BCUT2D eigenvalue weighted by molar-refractivity contribution is -0.127. The molecule has 0 aromatic rings. The highest BCUT2D eigenvalue weighted by Crippen LogP contribution is 2.30. The van der Waals surface area contributed by atoms with Gasteiger partial charge >= 0.3 is 0 Å². The molecular weight excluding hydrogens is 218 g/mol. The minimum atomic E-state index is -0.775. The maximum atomic E-state index is 11.7. The molecule has 1 unspecified atom stereocenters. The van der Waals surface area contributed by atoms with E-state index in [0.717, 1.165) is 32.1 Å². The van der Waals surface area contributed by atoms with E-state index in [-0.39, 0.29) is 24.9 Å². The Labute approximate surface area is 103 Å². The molecule has 4 nitrogen and oxygen atoms in total. The minimum absolute atomic E-state index is 0.0702. The number of carbonyl (C=O) groups is 1. The third kappa shape index (κ3) is 5.50. The van der Waals surface area contributed by atoms with Crippen LogP contribution >= 0.6 is 0 Å². The van der Waals surface area contributed by atoms with Gasteiger partial charge in [-0.1, -0.05) is 26.2 Å². The van der Waals surface area contributed by atoms with E-state index < -0.39 is 5.60 Å². The van der Waals surface area contributed by atoms with Gasteiger partial charge in [0.1, 0.15) is 0 Å². The van der Waals surface area contributed by atoms with Crippen LogP contribution in [0.5, 0.6) is 0 Å². The molecule has 3 N–H and O–H groups in total. The van der Waals surface area contributed by atoms with Crippen molar-refractivity contribution in [3.05, 3.63) is 0 Å². The molecule has 0 aromatic heterocycles.